The largest absolute Gasteiger partial charge is 0.481 e. The molecule has 0 aliphatic carbocycles. The summed E-state index contributed by atoms with van der Waals surface area (Å²) < 4.78 is 0. The molecule has 5 heteroatoms. The first-order valence-corrected chi connectivity index (χ1v) is 6.72. The van der Waals surface area contributed by atoms with E-state index in [9.17, 15) is 9.90 Å². The van der Waals surface area contributed by atoms with E-state index < -0.39 is 12.1 Å². The summed E-state index contributed by atoms with van der Waals surface area (Å²) in [5, 5.41) is 22.9. The van der Waals surface area contributed by atoms with Gasteiger partial charge in [0.25, 0.3) is 0 Å². The molecule has 0 amide bonds. The first kappa shape index (κ1) is 16.0. The van der Waals surface area contributed by atoms with Gasteiger partial charge in [-0.25, -0.2) is 0 Å². The van der Waals surface area contributed by atoms with Gasteiger partial charge in [-0.05, 0) is 37.1 Å². The van der Waals surface area contributed by atoms with Crippen LogP contribution in [0.5, 0.6) is 0 Å². The van der Waals surface area contributed by atoms with Crippen LogP contribution >= 0.6 is 11.6 Å². The van der Waals surface area contributed by atoms with Gasteiger partial charge in [0.05, 0.1) is 6.10 Å². The first-order valence-electron chi connectivity index (χ1n) is 6.35. The summed E-state index contributed by atoms with van der Waals surface area (Å²) in [7, 11) is 0. The van der Waals surface area contributed by atoms with E-state index in [0.29, 0.717) is 18.0 Å². The smallest absolute Gasteiger partial charge is 0.303 e. The van der Waals surface area contributed by atoms with Gasteiger partial charge < -0.3 is 15.5 Å². The second-order valence-corrected chi connectivity index (χ2v) is 4.96. The van der Waals surface area contributed by atoms with Gasteiger partial charge in [0.1, 0.15) is 0 Å². The standard InChI is InChI=1S/C14H20ClNO3/c1-3-16-12(6-7-13(17)18)14(19)10-4-5-11(15)9(2)8-10/h4-5,8,12,14,16,19H,3,6-7H2,1-2H3,(H,17,18). The van der Waals surface area contributed by atoms with Crippen LogP contribution in [0, 0.1) is 6.92 Å². The number of hydrogen-bond donors (Lipinski definition) is 3. The van der Waals surface area contributed by atoms with E-state index >= 15 is 0 Å². The summed E-state index contributed by atoms with van der Waals surface area (Å²) in [6.07, 6.45) is -0.330. The fourth-order valence-electron chi connectivity index (χ4n) is 2.00. The molecule has 106 valence electrons. The van der Waals surface area contributed by atoms with Crippen molar-refractivity contribution in [1.29, 1.82) is 0 Å². The van der Waals surface area contributed by atoms with Gasteiger partial charge in [-0.1, -0.05) is 30.7 Å². The predicted molar refractivity (Wildman–Crippen MR) is 75.5 cm³/mol. The molecule has 0 radical (unpaired) electrons. The highest BCUT2D eigenvalue weighted by Gasteiger charge is 2.21. The zero-order chi connectivity index (χ0) is 14.4. The quantitative estimate of drug-likeness (QED) is 0.720. The van der Waals surface area contributed by atoms with Crippen molar-refractivity contribution in [3.05, 3.63) is 34.3 Å². The number of aliphatic hydroxyl groups excluding tert-OH is 1. The molecule has 0 aliphatic heterocycles. The van der Waals surface area contributed by atoms with Crippen molar-refractivity contribution < 1.29 is 15.0 Å². The topological polar surface area (TPSA) is 69.6 Å². The van der Waals surface area contributed by atoms with Crippen LogP contribution in [0.15, 0.2) is 18.2 Å². The number of aliphatic hydroxyl groups is 1. The van der Waals surface area contributed by atoms with Crippen LogP contribution in [0.3, 0.4) is 0 Å². The van der Waals surface area contributed by atoms with Gasteiger partial charge in [0, 0.05) is 17.5 Å². The maximum atomic E-state index is 10.6. The molecule has 0 spiro atoms. The van der Waals surface area contributed by atoms with Crippen LogP contribution in [0.1, 0.15) is 37.0 Å². The van der Waals surface area contributed by atoms with E-state index in [2.05, 4.69) is 5.32 Å². The number of aliphatic carboxylic acids is 1. The van der Waals surface area contributed by atoms with E-state index in [1.54, 1.807) is 12.1 Å². The minimum absolute atomic E-state index is 0.0291. The number of nitrogens with one attached hydrogen (secondary N) is 1. The van der Waals surface area contributed by atoms with Crippen molar-refractivity contribution in [2.75, 3.05) is 6.54 Å². The lowest BCUT2D eigenvalue weighted by atomic mass is 9.97. The lowest BCUT2D eigenvalue weighted by molar-refractivity contribution is -0.137. The highest BCUT2D eigenvalue weighted by atomic mass is 35.5. The second-order valence-electron chi connectivity index (χ2n) is 4.55. The molecule has 2 unspecified atom stereocenters. The monoisotopic (exact) mass is 285 g/mol. The van der Waals surface area contributed by atoms with Gasteiger partial charge in [0.2, 0.25) is 0 Å². The van der Waals surface area contributed by atoms with Crippen molar-refractivity contribution in [1.82, 2.24) is 5.32 Å². The van der Waals surface area contributed by atoms with Crippen molar-refractivity contribution in [3.63, 3.8) is 0 Å². The van der Waals surface area contributed by atoms with Gasteiger partial charge in [-0.3, -0.25) is 4.79 Å². The molecule has 1 aromatic carbocycles. The Morgan fingerprint density at radius 2 is 2.16 bits per heavy atom. The highest BCUT2D eigenvalue weighted by Crippen LogP contribution is 2.24. The Kier molecular flexibility index (Phi) is 6.28. The fourth-order valence-corrected chi connectivity index (χ4v) is 2.11. The number of carboxylic acids is 1. The van der Waals surface area contributed by atoms with Gasteiger partial charge in [-0.15, -0.1) is 0 Å². The molecule has 0 aliphatic rings. The van der Waals surface area contributed by atoms with Crippen LogP contribution < -0.4 is 5.32 Å². The third-order valence-corrected chi connectivity index (χ3v) is 3.46. The van der Waals surface area contributed by atoms with Crippen LogP contribution in [0.4, 0.5) is 0 Å². The average molecular weight is 286 g/mol. The number of benzene rings is 1. The first-order chi connectivity index (χ1) is 8.95. The molecule has 0 heterocycles. The number of likely N-dealkylation sites (N-methyl/N-ethyl adjacent to an activating group) is 1. The minimum atomic E-state index is -0.859. The summed E-state index contributed by atoms with van der Waals surface area (Å²) in [5.74, 6) is -0.859. The Bertz CT molecular complexity index is 437. The predicted octanol–water partition coefficient (Wildman–Crippen LogP) is 2.52. The molecule has 0 aromatic heterocycles. The van der Waals surface area contributed by atoms with Crippen LogP contribution in [0.2, 0.25) is 5.02 Å². The average Bonchev–Trinajstić information content (AvgIpc) is 2.36. The number of rotatable bonds is 7. The Morgan fingerprint density at radius 1 is 1.47 bits per heavy atom. The maximum absolute atomic E-state index is 10.6. The molecule has 19 heavy (non-hydrogen) atoms. The van der Waals surface area contributed by atoms with Crippen molar-refractivity contribution in [2.45, 2.75) is 38.8 Å². The summed E-state index contributed by atoms with van der Waals surface area (Å²) in [6, 6.07) is 5.07. The van der Waals surface area contributed by atoms with E-state index in [1.165, 1.54) is 0 Å². The second kappa shape index (κ2) is 7.48. The zero-order valence-corrected chi connectivity index (χ0v) is 11.9. The normalized spacial score (nSPS) is 14.1. The van der Waals surface area contributed by atoms with Gasteiger partial charge >= 0.3 is 5.97 Å². The SMILES string of the molecule is CCNC(CCC(=O)O)C(O)c1ccc(Cl)c(C)c1. The van der Waals surface area contributed by atoms with Crippen molar-refractivity contribution >= 4 is 17.6 Å². The Hall–Kier alpha value is -1.10. The molecule has 3 N–H and O–H groups in total. The third-order valence-electron chi connectivity index (χ3n) is 3.04. The lowest BCUT2D eigenvalue weighted by Gasteiger charge is -2.24. The maximum Gasteiger partial charge on any atom is 0.303 e. The summed E-state index contributed by atoms with van der Waals surface area (Å²) >= 11 is 5.95. The molecule has 0 saturated heterocycles. The number of hydrogen-bond acceptors (Lipinski definition) is 3. The summed E-state index contributed by atoms with van der Waals surface area (Å²) in [4.78, 5) is 10.6. The molecular weight excluding hydrogens is 266 g/mol. The van der Waals surface area contributed by atoms with Crippen molar-refractivity contribution in [3.8, 4) is 0 Å². The Labute approximate surface area is 118 Å². The van der Waals surface area contributed by atoms with E-state index in [-0.39, 0.29) is 12.5 Å². The lowest BCUT2D eigenvalue weighted by Crippen LogP contribution is -2.35. The molecular formula is C14H20ClNO3. The van der Waals surface area contributed by atoms with Crippen LogP contribution in [-0.2, 0) is 4.79 Å². The Morgan fingerprint density at radius 3 is 2.68 bits per heavy atom. The zero-order valence-electron chi connectivity index (χ0n) is 11.2. The minimum Gasteiger partial charge on any atom is -0.481 e. The molecule has 2 atom stereocenters. The van der Waals surface area contributed by atoms with Crippen molar-refractivity contribution in [2.24, 2.45) is 0 Å². The molecule has 4 nitrogen and oxygen atoms in total. The van der Waals surface area contributed by atoms with Crippen LogP contribution in [-0.4, -0.2) is 28.8 Å². The molecule has 0 fully saturated rings. The van der Waals surface area contributed by atoms with Crippen LogP contribution in [0.25, 0.3) is 0 Å². The van der Waals surface area contributed by atoms with E-state index in [4.69, 9.17) is 16.7 Å². The third kappa shape index (κ3) is 4.82. The fraction of sp³-hybridized carbons (Fsp3) is 0.500. The van der Waals surface area contributed by atoms with Gasteiger partial charge in [0.15, 0.2) is 0 Å². The number of aryl methyl sites for hydroxylation is 1. The van der Waals surface area contributed by atoms with Gasteiger partial charge in [-0.2, -0.15) is 0 Å². The molecule has 0 bridgehead atoms. The summed E-state index contributed by atoms with van der Waals surface area (Å²) in [6.45, 7) is 4.47. The van der Waals surface area contributed by atoms with E-state index in [0.717, 1.165) is 11.1 Å². The van der Waals surface area contributed by atoms with E-state index in [1.807, 2.05) is 19.9 Å². The summed E-state index contributed by atoms with van der Waals surface area (Å²) in [5.41, 5.74) is 1.64. The molecule has 1 aromatic rings. The number of carbonyl (C=O) groups is 1. The number of carboxylic acid groups (broad SMARTS) is 1. The highest BCUT2D eigenvalue weighted by molar-refractivity contribution is 6.31. The molecule has 0 saturated carbocycles. The molecule has 1 rings (SSSR count). The Balaban J connectivity index is 2.81. The number of halogens is 1.